The number of hydrogen-bond donors (Lipinski definition) is 4. The Morgan fingerprint density at radius 1 is 1.21 bits per heavy atom. The van der Waals surface area contributed by atoms with Gasteiger partial charge in [-0.05, 0) is 19.4 Å². The quantitative estimate of drug-likeness (QED) is 0.138. The van der Waals surface area contributed by atoms with E-state index in [4.69, 9.17) is 16.7 Å². The van der Waals surface area contributed by atoms with Crippen LogP contribution in [0.5, 0.6) is 0 Å². The van der Waals surface area contributed by atoms with Gasteiger partial charge >= 0.3 is 0 Å². The Kier molecular flexibility index (Phi) is 7.53. The van der Waals surface area contributed by atoms with Gasteiger partial charge in [0.15, 0.2) is 0 Å². The Bertz CT molecular complexity index is 194. The summed E-state index contributed by atoms with van der Waals surface area (Å²) in [6, 6.07) is 0. The minimum Gasteiger partial charge on any atom is -0.409 e. The number of amidine groups is 1. The van der Waals surface area contributed by atoms with Gasteiger partial charge in [0, 0.05) is 19.4 Å². The number of carbonyl (C=O) groups excluding carboxylic acids is 1. The van der Waals surface area contributed by atoms with E-state index in [1.165, 1.54) is 0 Å². The Morgan fingerprint density at radius 3 is 2.50 bits per heavy atom. The highest BCUT2D eigenvalue weighted by Crippen LogP contribution is 1.92. The maximum Gasteiger partial charge on any atom is 0.217 e. The van der Waals surface area contributed by atoms with Crippen LogP contribution in [0.25, 0.3) is 0 Å². The van der Waals surface area contributed by atoms with Crippen molar-refractivity contribution in [1.29, 1.82) is 0 Å². The molecule has 6 nitrogen and oxygen atoms in total. The fourth-order valence-electron chi connectivity index (χ4n) is 0.941. The first-order valence-electron chi connectivity index (χ1n) is 4.62. The molecule has 0 aliphatic rings. The first-order valence-corrected chi connectivity index (χ1v) is 4.62. The monoisotopic (exact) mass is 202 g/mol. The highest BCUT2D eigenvalue weighted by atomic mass is 16.4. The molecule has 14 heavy (non-hydrogen) atoms. The van der Waals surface area contributed by atoms with Crippen LogP contribution in [0.2, 0.25) is 0 Å². The van der Waals surface area contributed by atoms with Gasteiger partial charge in [0.05, 0.1) is 0 Å². The van der Waals surface area contributed by atoms with E-state index >= 15 is 0 Å². The Balaban J connectivity index is 3.10. The molecule has 0 rings (SSSR count). The number of rotatable bonds is 8. The lowest BCUT2D eigenvalue weighted by Gasteiger charge is -2.02. The second kappa shape index (κ2) is 8.31. The summed E-state index contributed by atoms with van der Waals surface area (Å²) in [7, 11) is 0. The first kappa shape index (κ1) is 12.7. The van der Waals surface area contributed by atoms with E-state index in [9.17, 15) is 4.79 Å². The summed E-state index contributed by atoms with van der Waals surface area (Å²) in [5.74, 6) is -0.0451. The molecule has 0 aliphatic carbocycles. The van der Waals surface area contributed by atoms with Crippen LogP contribution >= 0.6 is 0 Å². The molecule has 0 aromatic carbocycles. The molecule has 0 radical (unpaired) electrons. The van der Waals surface area contributed by atoms with Gasteiger partial charge in [0.25, 0.3) is 0 Å². The Labute approximate surface area is 83.3 Å². The topological polar surface area (TPSA) is 114 Å². The largest absolute Gasteiger partial charge is 0.409 e. The summed E-state index contributed by atoms with van der Waals surface area (Å²) in [6.45, 7) is 1.48. The van der Waals surface area contributed by atoms with Crippen molar-refractivity contribution in [2.75, 3.05) is 13.1 Å². The lowest BCUT2D eigenvalue weighted by Crippen LogP contribution is -2.23. The summed E-state index contributed by atoms with van der Waals surface area (Å²) >= 11 is 0. The fourth-order valence-corrected chi connectivity index (χ4v) is 0.941. The van der Waals surface area contributed by atoms with E-state index in [2.05, 4.69) is 10.5 Å². The van der Waals surface area contributed by atoms with Crippen LogP contribution in [0, 0.1) is 0 Å². The number of oxime groups is 1. The molecule has 0 aliphatic heterocycles. The van der Waals surface area contributed by atoms with Crippen molar-refractivity contribution in [2.24, 2.45) is 16.6 Å². The number of hydrogen-bond acceptors (Lipinski definition) is 4. The Hall–Kier alpha value is -1.30. The Morgan fingerprint density at radius 2 is 1.93 bits per heavy atom. The third kappa shape index (κ3) is 8.79. The van der Waals surface area contributed by atoms with Gasteiger partial charge in [0.1, 0.15) is 5.84 Å². The summed E-state index contributed by atoms with van der Waals surface area (Å²) in [5, 5.41) is 14.2. The fraction of sp³-hybridized carbons (Fsp3) is 0.750. The lowest BCUT2D eigenvalue weighted by molar-refractivity contribution is -0.118. The van der Waals surface area contributed by atoms with Gasteiger partial charge in [-0.15, -0.1) is 0 Å². The van der Waals surface area contributed by atoms with Crippen molar-refractivity contribution in [3.05, 3.63) is 0 Å². The van der Waals surface area contributed by atoms with E-state index < -0.39 is 0 Å². The molecule has 0 aromatic rings. The summed E-state index contributed by atoms with van der Waals surface area (Å²) in [4.78, 5) is 10.4. The van der Waals surface area contributed by atoms with E-state index in [-0.39, 0.29) is 11.7 Å². The predicted molar refractivity (Wildman–Crippen MR) is 53.9 cm³/mol. The van der Waals surface area contributed by atoms with Crippen LogP contribution in [-0.2, 0) is 4.79 Å². The number of amides is 1. The molecule has 1 amide bonds. The highest BCUT2D eigenvalue weighted by molar-refractivity contribution is 5.79. The van der Waals surface area contributed by atoms with Gasteiger partial charge in [-0.1, -0.05) is 5.16 Å². The van der Waals surface area contributed by atoms with Crippen LogP contribution in [0.15, 0.2) is 5.16 Å². The maximum atomic E-state index is 10.4. The predicted octanol–water partition coefficient (Wildman–Crippen LogP) is -0.632. The molecule has 6 N–H and O–H groups in total. The molecule has 0 heterocycles. The molecule has 0 atom stereocenters. The van der Waals surface area contributed by atoms with Crippen molar-refractivity contribution >= 4 is 11.7 Å². The van der Waals surface area contributed by atoms with Crippen LogP contribution < -0.4 is 16.8 Å². The third-order valence-corrected chi connectivity index (χ3v) is 1.71. The van der Waals surface area contributed by atoms with E-state index in [1.54, 1.807) is 0 Å². The smallest absolute Gasteiger partial charge is 0.217 e. The molecule has 0 aromatic heterocycles. The minimum absolute atomic E-state index is 0.217. The van der Waals surface area contributed by atoms with Crippen molar-refractivity contribution in [3.8, 4) is 0 Å². The van der Waals surface area contributed by atoms with Gasteiger partial charge in [0.2, 0.25) is 5.91 Å². The number of nitrogens with one attached hydrogen (secondary N) is 1. The zero-order valence-electron chi connectivity index (χ0n) is 8.20. The van der Waals surface area contributed by atoms with Crippen LogP contribution in [-0.4, -0.2) is 30.0 Å². The molecule has 0 bridgehead atoms. The first-order chi connectivity index (χ1) is 6.66. The molecule has 0 fully saturated rings. The average Bonchev–Trinajstić information content (AvgIpc) is 2.15. The molecular formula is C8H18N4O2. The number of primary amides is 1. The van der Waals surface area contributed by atoms with Crippen molar-refractivity contribution in [1.82, 2.24) is 5.32 Å². The van der Waals surface area contributed by atoms with Gasteiger partial charge in [-0.25, -0.2) is 0 Å². The van der Waals surface area contributed by atoms with Crippen molar-refractivity contribution in [3.63, 3.8) is 0 Å². The SMILES string of the molecule is NC(=O)CCCCNCCC(N)=NO. The molecule has 0 spiro atoms. The van der Waals surface area contributed by atoms with Crippen LogP contribution in [0.1, 0.15) is 25.7 Å². The van der Waals surface area contributed by atoms with Crippen LogP contribution in [0.4, 0.5) is 0 Å². The zero-order chi connectivity index (χ0) is 10.8. The van der Waals surface area contributed by atoms with E-state index in [0.29, 0.717) is 19.4 Å². The molecular weight excluding hydrogens is 184 g/mol. The molecule has 82 valence electrons. The molecule has 6 heteroatoms. The van der Waals surface area contributed by atoms with E-state index in [0.717, 1.165) is 19.4 Å². The second-order valence-corrected chi connectivity index (χ2v) is 3.01. The second-order valence-electron chi connectivity index (χ2n) is 3.01. The lowest BCUT2D eigenvalue weighted by atomic mass is 10.2. The number of nitrogens with two attached hydrogens (primary N) is 2. The van der Waals surface area contributed by atoms with Crippen molar-refractivity contribution < 1.29 is 10.0 Å². The normalized spacial score (nSPS) is 11.6. The maximum absolute atomic E-state index is 10.4. The molecule has 0 saturated carbocycles. The van der Waals surface area contributed by atoms with Gasteiger partial charge in [-0.3, -0.25) is 4.79 Å². The summed E-state index contributed by atoms with van der Waals surface area (Å²) in [6.07, 6.45) is 2.65. The molecule has 0 saturated heterocycles. The van der Waals surface area contributed by atoms with Crippen molar-refractivity contribution in [2.45, 2.75) is 25.7 Å². The van der Waals surface area contributed by atoms with Gasteiger partial charge in [-0.2, -0.15) is 0 Å². The summed E-state index contributed by atoms with van der Waals surface area (Å²) < 4.78 is 0. The average molecular weight is 202 g/mol. The van der Waals surface area contributed by atoms with Gasteiger partial charge < -0.3 is 22.0 Å². The van der Waals surface area contributed by atoms with E-state index in [1.807, 2.05) is 0 Å². The summed E-state index contributed by atoms with van der Waals surface area (Å²) in [5.41, 5.74) is 10.2. The number of nitrogens with zero attached hydrogens (tertiary/aromatic N) is 1. The zero-order valence-corrected chi connectivity index (χ0v) is 8.20. The minimum atomic E-state index is -0.262. The standard InChI is InChI=1S/C8H18N4O2/c9-7(12-14)4-6-11-5-2-1-3-8(10)13/h11,14H,1-6H2,(H2,9,12)(H2,10,13). The number of carbonyl (C=O) groups is 1. The number of unbranched alkanes of at least 4 members (excludes halogenated alkanes) is 1. The van der Waals surface area contributed by atoms with Crippen LogP contribution in [0.3, 0.4) is 0 Å². The highest BCUT2D eigenvalue weighted by Gasteiger charge is 1.95. The third-order valence-electron chi connectivity index (χ3n) is 1.71. The molecule has 0 unspecified atom stereocenters.